The van der Waals surface area contributed by atoms with E-state index in [1.165, 1.54) is 0 Å². The number of nitrogens with zero attached hydrogens (tertiary/aromatic N) is 2. The second-order valence-corrected chi connectivity index (χ2v) is 3.00. The molecule has 1 fully saturated rings. The summed E-state index contributed by atoms with van der Waals surface area (Å²) in [5, 5.41) is 1.69. The predicted octanol–water partition coefficient (Wildman–Crippen LogP) is -1.19. The first-order valence-corrected chi connectivity index (χ1v) is 4.39. The van der Waals surface area contributed by atoms with Gasteiger partial charge in [-0.2, -0.15) is 0 Å². The molecule has 1 aliphatic rings. The van der Waals surface area contributed by atoms with Gasteiger partial charge in [0.25, 0.3) is 0 Å². The van der Waals surface area contributed by atoms with Crippen LogP contribution in [0.25, 0.3) is 0 Å². The molecular weight excluding hydrogens is 186 g/mol. The highest BCUT2D eigenvalue weighted by molar-refractivity contribution is 7.78. The van der Waals surface area contributed by atoms with Gasteiger partial charge in [-0.25, -0.2) is 5.84 Å². The Kier molecular flexibility index (Phi) is 6.21. The van der Waals surface area contributed by atoms with Gasteiger partial charge in [-0.15, -0.1) is 0 Å². The Labute approximate surface area is 84.1 Å². The van der Waals surface area contributed by atoms with Crippen molar-refractivity contribution in [2.75, 3.05) is 26.7 Å². The molecule has 0 saturated carbocycles. The molecule has 0 aromatic carbocycles. The van der Waals surface area contributed by atoms with Crippen LogP contribution in [-0.2, 0) is 0 Å². The fourth-order valence-electron chi connectivity index (χ4n) is 1.02. The molecule has 0 aliphatic carbocycles. The third kappa shape index (κ3) is 4.66. The molecule has 1 saturated heterocycles. The number of hydrazine groups is 1. The quantitative estimate of drug-likeness (QED) is 0.339. The molecule has 1 aliphatic heterocycles. The van der Waals surface area contributed by atoms with Gasteiger partial charge in [-0.3, -0.25) is 4.90 Å². The van der Waals surface area contributed by atoms with Gasteiger partial charge in [0, 0.05) is 25.8 Å². The summed E-state index contributed by atoms with van der Waals surface area (Å²) in [6.07, 6.45) is 1.57. The Balaban J connectivity index is 0.000000424. The summed E-state index contributed by atoms with van der Waals surface area (Å²) in [6.45, 7) is 2.72. The summed E-state index contributed by atoms with van der Waals surface area (Å²) in [6, 6.07) is 0. The van der Waals surface area contributed by atoms with Crippen molar-refractivity contribution in [1.29, 1.82) is 0 Å². The molecule has 0 unspecified atom stereocenters. The Bertz CT molecular complexity index is 182. The minimum Gasteiger partial charge on any atom is -0.403 e. The summed E-state index contributed by atoms with van der Waals surface area (Å²) >= 11 is 4.05. The smallest absolute Gasteiger partial charge is 0.0588 e. The highest BCUT2D eigenvalue weighted by Crippen LogP contribution is 2.04. The molecule has 6 N–H and O–H groups in total. The molecule has 5 nitrogen and oxygen atoms in total. The lowest BCUT2D eigenvalue weighted by atomic mass is 10.3. The molecule has 0 aromatic rings. The molecule has 0 aromatic heterocycles. The number of nitrogens with two attached hydrogens (primary N) is 3. The normalized spacial score (nSPS) is 20.8. The fourth-order valence-corrected chi connectivity index (χ4v) is 1.02. The van der Waals surface area contributed by atoms with Gasteiger partial charge in [0.05, 0.1) is 11.2 Å². The largest absolute Gasteiger partial charge is 0.403 e. The third-order valence-corrected chi connectivity index (χ3v) is 1.72. The monoisotopic (exact) mass is 203 g/mol. The average molecular weight is 203 g/mol. The summed E-state index contributed by atoms with van der Waals surface area (Å²) in [5.74, 6) is 5.61. The maximum absolute atomic E-state index is 5.61. The van der Waals surface area contributed by atoms with E-state index in [0.29, 0.717) is 0 Å². The Morgan fingerprint density at radius 3 is 2.31 bits per heavy atom. The number of hydrogen-bond acceptors (Lipinski definition) is 5. The van der Waals surface area contributed by atoms with E-state index in [1.54, 1.807) is 11.2 Å². The Morgan fingerprint density at radius 2 is 1.92 bits per heavy atom. The minimum absolute atomic E-state index is 0.854. The molecular formula is C7H17N5S. The number of rotatable bonds is 0. The minimum atomic E-state index is 0.854. The molecule has 0 radical (unpaired) electrons. The van der Waals surface area contributed by atoms with Gasteiger partial charge < -0.3 is 16.5 Å². The van der Waals surface area contributed by atoms with Crippen LogP contribution in [0.3, 0.4) is 0 Å². The summed E-state index contributed by atoms with van der Waals surface area (Å²) in [5.41, 5.74) is 12.0. The van der Waals surface area contributed by atoms with E-state index in [1.807, 2.05) is 0 Å². The Morgan fingerprint density at radius 1 is 1.38 bits per heavy atom. The van der Waals surface area contributed by atoms with Crippen molar-refractivity contribution in [3.05, 3.63) is 11.9 Å². The number of piperazine rings is 1. The standard InChI is InChI=1S/C6H14N4.CH3NS/c1-9-2-3-10(8)6(4-7)5-9;2-1-3/h4H,2-3,5,7-8H2,1H3;1H,(H2,2,3)/b6-4-;. The van der Waals surface area contributed by atoms with Gasteiger partial charge >= 0.3 is 0 Å². The summed E-state index contributed by atoms with van der Waals surface area (Å²) in [4.78, 5) is 2.18. The van der Waals surface area contributed by atoms with E-state index < -0.39 is 0 Å². The second kappa shape index (κ2) is 6.64. The first-order valence-electron chi connectivity index (χ1n) is 3.92. The zero-order chi connectivity index (χ0) is 10.3. The first-order chi connectivity index (χ1) is 6.15. The van der Waals surface area contributed by atoms with Crippen molar-refractivity contribution in [3.63, 3.8) is 0 Å². The van der Waals surface area contributed by atoms with E-state index >= 15 is 0 Å². The van der Waals surface area contributed by atoms with Gasteiger partial charge in [-0.1, -0.05) is 12.2 Å². The molecule has 1 rings (SSSR count). The molecule has 6 heteroatoms. The van der Waals surface area contributed by atoms with E-state index in [2.05, 4.69) is 29.9 Å². The molecule has 76 valence electrons. The number of hydrogen-bond donors (Lipinski definition) is 3. The van der Waals surface area contributed by atoms with Crippen LogP contribution in [-0.4, -0.2) is 42.1 Å². The van der Waals surface area contributed by atoms with Gasteiger partial charge in [0.15, 0.2) is 0 Å². The highest BCUT2D eigenvalue weighted by Gasteiger charge is 2.14. The van der Waals surface area contributed by atoms with Crippen molar-refractivity contribution in [3.8, 4) is 0 Å². The van der Waals surface area contributed by atoms with Crippen molar-refractivity contribution in [2.24, 2.45) is 17.3 Å². The average Bonchev–Trinajstić information content (AvgIpc) is 2.10. The topological polar surface area (TPSA) is 84.5 Å². The van der Waals surface area contributed by atoms with Crippen LogP contribution in [0.2, 0.25) is 0 Å². The van der Waals surface area contributed by atoms with Gasteiger partial charge in [0.1, 0.15) is 0 Å². The van der Waals surface area contributed by atoms with E-state index in [4.69, 9.17) is 11.6 Å². The predicted molar refractivity (Wildman–Crippen MR) is 58.5 cm³/mol. The van der Waals surface area contributed by atoms with E-state index in [9.17, 15) is 0 Å². The summed E-state index contributed by atoms with van der Waals surface area (Å²) in [7, 11) is 2.05. The van der Waals surface area contributed by atoms with E-state index in [0.717, 1.165) is 30.8 Å². The maximum Gasteiger partial charge on any atom is 0.0588 e. The Hall–Kier alpha value is -0.850. The number of thiocarbonyl (C=S) groups is 1. The lowest BCUT2D eigenvalue weighted by Gasteiger charge is -2.32. The van der Waals surface area contributed by atoms with Crippen LogP contribution in [0.4, 0.5) is 0 Å². The second-order valence-electron chi connectivity index (χ2n) is 2.73. The fraction of sp³-hybridized carbons (Fsp3) is 0.571. The first kappa shape index (κ1) is 12.2. The molecule has 0 atom stereocenters. The van der Waals surface area contributed by atoms with Crippen LogP contribution in [0.1, 0.15) is 0 Å². The maximum atomic E-state index is 5.61. The zero-order valence-corrected chi connectivity index (χ0v) is 8.63. The lowest BCUT2D eigenvalue weighted by Crippen LogP contribution is -2.46. The van der Waals surface area contributed by atoms with Crippen molar-refractivity contribution in [1.82, 2.24) is 9.91 Å². The van der Waals surface area contributed by atoms with Crippen LogP contribution in [0, 0.1) is 0 Å². The van der Waals surface area contributed by atoms with Gasteiger partial charge in [-0.05, 0) is 7.05 Å². The van der Waals surface area contributed by atoms with E-state index in [-0.39, 0.29) is 0 Å². The molecule has 0 spiro atoms. The van der Waals surface area contributed by atoms with Gasteiger partial charge in [0.2, 0.25) is 0 Å². The number of likely N-dealkylation sites (N-methyl/N-ethyl adjacent to an activating group) is 1. The lowest BCUT2D eigenvalue weighted by molar-refractivity contribution is 0.205. The van der Waals surface area contributed by atoms with Crippen LogP contribution in [0.5, 0.6) is 0 Å². The van der Waals surface area contributed by atoms with Crippen LogP contribution < -0.4 is 17.3 Å². The molecule has 1 heterocycles. The van der Waals surface area contributed by atoms with Crippen LogP contribution >= 0.6 is 12.2 Å². The summed E-state index contributed by atoms with van der Waals surface area (Å²) < 4.78 is 0. The molecule has 13 heavy (non-hydrogen) atoms. The molecule has 0 amide bonds. The highest BCUT2D eigenvalue weighted by atomic mass is 32.1. The van der Waals surface area contributed by atoms with Crippen molar-refractivity contribution < 1.29 is 0 Å². The molecule has 0 bridgehead atoms. The third-order valence-electron chi connectivity index (χ3n) is 1.72. The van der Waals surface area contributed by atoms with Crippen molar-refractivity contribution in [2.45, 2.75) is 0 Å². The van der Waals surface area contributed by atoms with Crippen LogP contribution in [0.15, 0.2) is 11.9 Å². The SMILES string of the molecule is CN1CCN(N)/C(=C\N)C1.NC=S. The zero-order valence-electron chi connectivity index (χ0n) is 7.81. The van der Waals surface area contributed by atoms with Crippen molar-refractivity contribution >= 4 is 17.7 Å².